The number of hydrogen-bond acceptors (Lipinski definition) is 8. The van der Waals surface area contributed by atoms with Gasteiger partial charge in [0.05, 0.1) is 11.1 Å². The monoisotopic (exact) mass is 650 g/mol. The summed E-state index contributed by atoms with van der Waals surface area (Å²) >= 11 is 1.45. The molecule has 46 heavy (non-hydrogen) atoms. The molecule has 0 saturated carbocycles. The molecule has 0 bridgehead atoms. The summed E-state index contributed by atoms with van der Waals surface area (Å²) in [6.45, 7) is 11.2. The van der Waals surface area contributed by atoms with Crippen LogP contribution in [-0.4, -0.2) is 81.5 Å². The standard InChI is InChI=1S/C35H46N4O6S/c1-34(2,3)44-32(42)26(21-24-16-11-8-12-17-24)36-29(40)27-22-46-30(37-27)28-18-13-19-39(28)31(41)25(20-23-14-9-7-10-15-23)38-33(43)45-35(4,5)6/h7-12,14-17,25-28H,13,18-22H2,1-6H3,(H,36,40)(H,38,43)/t25-,26-,27-,28-/m0/s1. The Kier molecular flexibility index (Phi) is 11.5. The van der Waals surface area contributed by atoms with E-state index >= 15 is 0 Å². The highest BCUT2D eigenvalue weighted by Gasteiger charge is 2.40. The van der Waals surface area contributed by atoms with E-state index in [-0.39, 0.29) is 24.3 Å². The van der Waals surface area contributed by atoms with Crippen LogP contribution in [0.5, 0.6) is 0 Å². The van der Waals surface area contributed by atoms with E-state index < -0.39 is 41.4 Å². The molecule has 10 nitrogen and oxygen atoms in total. The van der Waals surface area contributed by atoms with Crippen LogP contribution < -0.4 is 10.6 Å². The molecular weight excluding hydrogens is 604 g/mol. The Labute approximate surface area is 276 Å². The number of ether oxygens (including phenoxy) is 2. The molecule has 248 valence electrons. The summed E-state index contributed by atoms with van der Waals surface area (Å²) in [7, 11) is 0. The van der Waals surface area contributed by atoms with Crippen LogP contribution in [0.3, 0.4) is 0 Å². The van der Waals surface area contributed by atoms with Gasteiger partial charge in [0.15, 0.2) is 0 Å². The molecule has 1 fully saturated rings. The van der Waals surface area contributed by atoms with Crippen LogP contribution in [-0.2, 0) is 36.7 Å². The van der Waals surface area contributed by atoms with Gasteiger partial charge in [0.2, 0.25) is 11.8 Å². The summed E-state index contributed by atoms with van der Waals surface area (Å²) in [4.78, 5) is 59.8. The molecule has 1 saturated heterocycles. The van der Waals surface area contributed by atoms with Gasteiger partial charge in [-0.25, -0.2) is 9.59 Å². The number of nitrogens with one attached hydrogen (secondary N) is 2. The van der Waals surface area contributed by atoms with E-state index in [4.69, 9.17) is 14.5 Å². The molecular formula is C35H46N4O6S. The summed E-state index contributed by atoms with van der Waals surface area (Å²) in [5, 5.41) is 6.39. The van der Waals surface area contributed by atoms with Crippen molar-refractivity contribution in [2.24, 2.45) is 4.99 Å². The van der Waals surface area contributed by atoms with Crippen LogP contribution in [0.15, 0.2) is 65.7 Å². The zero-order chi connectivity index (χ0) is 33.5. The molecule has 0 aliphatic carbocycles. The molecule has 2 aliphatic heterocycles. The summed E-state index contributed by atoms with van der Waals surface area (Å²) in [6.07, 6.45) is 1.41. The maximum absolute atomic E-state index is 14.0. The quantitative estimate of drug-likeness (QED) is 0.357. The fourth-order valence-electron chi connectivity index (χ4n) is 5.38. The van der Waals surface area contributed by atoms with E-state index in [0.717, 1.165) is 17.5 Å². The number of rotatable bonds is 10. The molecule has 0 unspecified atom stereocenters. The number of aliphatic imine (C=N–C) groups is 1. The first-order valence-electron chi connectivity index (χ1n) is 15.8. The van der Waals surface area contributed by atoms with Crippen molar-refractivity contribution in [3.8, 4) is 0 Å². The number of benzene rings is 2. The number of thioether (sulfide) groups is 1. The number of likely N-dealkylation sites (tertiary alicyclic amines) is 1. The highest BCUT2D eigenvalue weighted by atomic mass is 32.2. The van der Waals surface area contributed by atoms with E-state index in [1.54, 1.807) is 46.4 Å². The number of nitrogens with zero attached hydrogens (tertiary/aromatic N) is 2. The normalized spacial score (nSPS) is 19.5. The van der Waals surface area contributed by atoms with Gasteiger partial charge in [-0.05, 0) is 65.5 Å². The minimum absolute atomic E-state index is 0.221. The first-order valence-corrected chi connectivity index (χ1v) is 16.8. The smallest absolute Gasteiger partial charge is 0.408 e. The summed E-state index contributed by atoms with van der Waals surface area (Å²) in [5.74, 6) is -0.690. The second-order valence-electron chi connectivity index (χ2n) is 13.7. The van der Waals surface area contributed by atoms with Gasteiger partial charge in [-0.2, -0.15) is 0 Å². The van der Waals surface area contributed by atoms with Gasteiger partial charge in [0.1, 0.15) is 29.3 Å². The summed E-state index contributed by atoms with van der Waals surface area (Å²) in [5.41, 5.74) is 0.385. The van der Waals surface area contributed by atoms with Crippen LogP contribution in [0.2, 0.25) is 0 Å². The van der Waals surface area contributed by atoms with Gasteiger partial charge in [0.25, 0.3) is 0 Å². The Morgan fingerprint density at radius 1 is 0.848 bits per heavy atom. The van der Waals surface area contributed by atoms with Gasteiger partial charge in [0, 0.05) is 25.1 Å². The van der Waals surface area contributed by atoms with Crippen molar-refractivity contribution in [3.63, 3.8) is 0 Å². The lowest BCUT2D eigenvalue weighted by molar-refractivity contribution is -0.158. The largest absolute Gasteiger partial charge is 0.458 e. The first kappa shape index (κ1) is 35.0. The van der Waals surface area contributed by atoms with Crippen LogP contribution in [0.4, 0.5) is 4.79 Å². The predicted molar refractivity (Wildman–Crippen MR) is 180 cm³/mol. The predicted octanol–water partition coefficient (Wildman–Crippen LogP) is 4.70. The van der Waals surface area contributed by atoms with E-state index in [0.29, 0.717) is 30.2 Å². The number of carbonyl (C=O) groups is 4. The average molecular weight is 651 g/mol. The summed E-state index contributed by atoms with van der Waals surface area (Å²) < 4.78 is 11.1. The first-order chi connectivity index (χ1) is 21.7. The lowest BCUT2D eigenvalue weighted by Gasteiger charge is -2.30. The molecule has 11 heteroatoms. The average Bonchev–Trinajstić information content (AvgIpc) is 3.66. The topological polar surface area (TPSA) is 126 Å². The maximum atomic E-state index is 14.0. The van der Waals surface area contributed by atoms with E-state index in [2.05, 4.69) is 10.6 Å². The molecule has 0 aromatic heterocycles. The molecule has 2 aromatic carbocycles. The molecule has 3 amide bonds. The van der Waals surface area contributed by atoms with Crippen molar-refractivity contribution in [1.82, 2.24) is 15.5 Å². The molecule has 2 heterocycles. The van der Waals surface area contributed by atoms with Crippen LogP contribution in [0.1, 0.15) is 65.5 Å². The fourth-order valence-corrected chi connectivity index (χ4v) is 6.57. The third kappa shape index (κ3) is 10.3. The highest BCUT2D eigenvalue weighted by Crippen LogP contribution is 2.30. The van der Waals surface area contributed by atoms with Crippen molar-refractivity contribution in [1.29, 1.82) is 0 Å². The minimum Gasteiger partial charge on any atom is -0.458 e. The molecule has 4 rings (SSSR count). The molecule has 0 radical (unpaired) electrons. The summed E-state index contributed by atoms with van der Waals surface area (Å²) in [6, 6.07) is 16.3. The van der Waals surface area contributed by atoms with Crippen molar-refractivity contribution in [2.45, 2.75) is 103 Å². The minimum atomic E-state index is -0.874. The van der Waals surface area contributed by atoms with Crippen molar-refractivity contribution in [2.75, 3.05) is 12.3 Å². The van der Waals surface area contributed by atoms with Gasteiger partial charge >= 0.3 is 12.1 Å². The Morgan fingerprint density at radius 3 is 1.98 bits per heavy atom. The molecule has 2 aliphatic rings. The Hall–Kier alpha value is -3.86. The second-order valence-corrected chi connectivity index (χ2v) is 14.7. The molecule has 0 spiro atoms. The third-order valence-corrected chi connectivity index (χ3v) is 8.51. The zero-order valence-electron chi connectivity index (χ0n) is 27.6. The number of amides is 3. The Balaban J connectivity index is 1.48. The van der Waals surface area contributed by atoms with Gasteiger partial charge in [-0.3, -0.25) is 14.6 Å². The Bertz CT molecular complexity index is 1400. The number of esters is 1. The maximum Gasteiger partial charge on any atom is 0.408 e. The highest BCUT2D eigenvalue weighted by molar-refractivity contribution is 8.14. The lowest BCUT2D eigenvalue weighted by atomic mass is 10.0. The van der Waals surface area contributed by atoms with Crippen LogP contribution in [0.25, 0.3) is 0 Å². The molecule has 2 N–H and O–H groups in total. The van der Waals surface area contributed by atoms with E-state index in [9.17, 15) is 19.2 Å². The molecule has 2 aromatic rings. The van der Waals surface area contributed by atoms with Crippen molar-refractivity contribution >= 4 is 40.7 Å². The number of hydrogen-bond donors (Lipinski definition) is 2. The van der Waals surface area contributed by atoms with Crippen molar-refractivity contribution < 1.29 is 28.7 Å². The zero-order valence-corrected chi connectivity index (χ0v) is 28.4. The third-order valence-electron chi connectivity index (χ3n) is 7.36. The van der Waals surface area contributed by atoms with Crippen molar-refractivity contribution in [3.05, 3.63) is 71.8 Å². The fraction of sp³-hybridized carbons (Fsp3) is 0.514. The molecule has 4 atom stereocenters. The van der Waals surface area contributed by atoms with E-state index in [1.807, 2.05) is 60.7 Å². The second kappa shape index (κ2) is 15.2. The van der Waals surface area contributed by atoms with Gasteiger partial charge < -0.3 is 25.0 Å². The van der Waals surface area contributed by atoms with Crippen LogP contribution in [0, 0.1) is 0 Å². The number of alkyl carbamates (subject to hydrolysis) is 1. The van der Waals surface area contributed by atoms with Crippen LogP contribution >= 0.6 is 11.8 Å². The van der Waals surface area contributed by atoms with E-state index in [1.165, 1.54) is 11.8 Å². The van der Waals surface area contributed by atoms with Gasteiger partial charge in [-0.1, -0.05) is 60.7 Å². The number of carbonyl (C=O) groups excluding carboxylic acids is 4. The SMILES string of the molecule is CC(C)(C)OC(=O)N[C@@H](Cc1ccccc1)C(=O)N1CCC[C@H]1C1=N[C@H](C(=O)N[C@@H](Cc2ccccc2)C(=O)OC(C)(C)C)CS1. The Morgan fingerprint density at radius 2 is 1.41 bits per heavy atom. The van der Waals surface area contributed by atoms with Gasteiger partial charge in [-0.15, -0.1) is 11.8 Å². The lowest BCUT2D eigenvalue weighted by Crippen LogP contribution is -2.53.